The van der Waals surface area contributed by atoms with Crippen LogP contribution in [0.3, 0.4) is 0 Å². The highest BCUT2D eigenvalue weighted by Gasteiger charge is 2.29. The van der Waals surface area contributed by atoms with Gasteiger partial charge in [-0.3, -0.25) is 4.52 Å². The van der Waals surface area contributed by atoms with Gasteiger partial charge in [0.25, 0.3) is 0 Å². The van der Waals surface area contributed by atoms with Crippen LogP contribution in [-0.4, -0.2) is 58.3 Å². The second-order valence-corrected chi connectivity index (χ2v) is 4.36. The van der Waals surface area contributed by atoms with Crippen molar-refractivity contribution in [3.05, 3.63) is 0 Å². The quantitative estimate of drug-likeness (QED) is 0.318. The molecule has 0 aromatic rings. The molecular weight excluding hydrogens is 255 g/mol. The third-order valence-electron chi connectivity index (χ3n) is 1.75. The van der Waals surface area contributed by atoms with Crippen molar-refractivity contribution in [3.63, 3.8) is 0 Å². The molecule has 0 aliphatic carbocycles. The van der Waals surface area contributed by atoms with E-state index >= 15 is 0 Å². The van der Waals surface area contributed by atoms with E-state index in [-0.39, 0.29) is 13.2 Å². The Morgan fingerprint density at radius 3 is 1.94 bits per heavy atom. The molecule has 0 fully saturated rings. The summed E-state index contributed by atoms with van der Waals surface area (Å²) in [5, 5.41) is 19.0. The fraction of sp³-hybridized carbons (Fsp3) is 1.00. The van der Waals surface area contributed by atoms with E-state index in [4.69, 9.17) is 19.3 Å². The minimum Gasteiger partial charge on any atom is -0.388 e. The molecule has 0 heterocycles. The van der Waals surface area contributed by atoms with Crippen molar-refractivity contribution in [1.29, 1.82) is 0 Å². The van der Waals surface area contributed by atoms with Gasteiger partial charge in [0.1, 0.15) is 12.2 Å². The number of ether oxygens (including phenoxy) is 2. The molecule has 2 atom stereocenters. The number of aliphatic hydroxyl groups excluding tert-OH is 2. The van der Waals surface area contributed by atoms with Crippen LogP contribution >= 0.6 is 7.82 Å². The lowest BCUT2D eigenvalue weighted by Crippen LogP contribution is -2.43. The Kier molecular flexibility index (Phi) is 8.10. The van der Waals surface area contributed by atoms with Gasteiger partial charge in [0.05, 0.1) is 6.61 Å². The maximum Gasteiger partial charge on any atom is 0.469 e. The van der Waals surface area contributed by atoms with E-state index in [0.29, 0.717) is 0 Å². The summed E-state index contributed by atoms with van der Waals surface area (Å²) >= 11 is 0. The molecular formula is C8H19O8P. The number of rotatable bonds is 9. The summed E-state index contributed by atoms with van der Waals surface area (Å²) in [6.07, 6.45) is -4.05. The van der Waals surface area contributed by atoms with Gasteiger partial charge in [-0.25, -0.2) is 4.57 Å². The summed E-state index contributed by atoms with van der Waals surface area (Å²) in [7, 11) is -4.67. The van der Waals surface area contributed by atoms with E-state index in [1.807, 2.05) is 0 Å². The van der Waals surface area contributed by atoms with Crippen molar-refractivity contribution in [2.75, 3.05) is 19.8 Å². The van der Waals surface area contributed by atoms with Gasteiger partial charge in [-0.1, -0.05) is 0 Å². The Hall–Kier alpha value is -0.0500. The van der Waals surface area contributed by atoms with Crippen LogP contribution in [0.1, 0.15) is 13.8 Å². The van der Waals surface area contributed by atoms with E-state index in [9.17, 15) is 14.8 Å². The summed E-state index contributed by atoms with van der Waals surface area (Å²) in [5.41, 5.74) is 0. The van der Waals surface area contributed by atoms with Gasteiger partial charge in [-0.15, -0.1) is 0 Å². The van der Waals surface area contributed by atoms with Crippen LogP contribution in [0.5, 0.6) is 0 Å². The Morgan fingerprint density at radius 1 is 1.12 bits per heavy atom. The standard InChI is InChI=1S/C8H19O8P/c1-3-14-8(15-4-2)7(10)6(9)5-16-17(11,12)13/h6-10H,3-5H2,1-2H3,(H2,11,12,13). The van der Waals surface area contributed by atoms with Crippen molar-refractivity contribution in [2.45, 2.75) is 32.3 Å². The Balaban J connectivity index is 4.23. The largest absolute Gasteiger partial charge is 0.469 e. The Bertz CT molecular complexity index is 236. The molecule has 104 valence electrons. The molecule has 0 rings (SSSR count). The summed E-state index contributed by atoms with van der Waals surface area (Å²) < 4.78 is 24.5. The van der Waals surface area contributed by atoms with Crippen LogP contribution in [-0.2, 0) is 18.6 Å². The third-order valence-corrected chi connectivity index (χ3v) is 2.23. The number of hydrogen-bond acceptors (Lipinski definition) is 6. The zero-order valence-electron chi connectivity index (χ0n) is 9.72. The maximum atomic E-state index is 10.4. The fourth-order valence-corrected chi connectivity index (χ4v) is 1.37. The van der Waals surface area contributed by atoms with Crippen molar-refractivity contribution in [1.82, 2.24) is 0 Å². The lowest BCUT2D eigenvalue weighted by molar-refractivity contribution is -0.214. The van der Waals surface area contributed by atoms with Crippen molar-refractivity contribution in [2.24, 2.45) is 0 Å². The highest BCUT2D eigenvalue weighted by atomic mass is 31.2. The van der Waals surface area contributed by atoms with Crippen molar-refractivity contribution >= 4 is 7.82 Å². The molecule has 17 heavy (non-hydrogen) atoms. The molecule has 4 N–H and O–H groups in total. The molecule has 8 nitrogen and oxygen atoms in total. The van der Waals surface area contributed by atoms with E-state index in [0.717, 1.165) is 0 Å². The third kappa shape index (κ3) is 7.80. The summed E-state index contributed by atoms with van der Waals surface area (Å²) in [6, 6.07) is 0. The molecule has 0 aliphatic heterocycles. The van der Waals surface area contributed by atoms with Crippen molar-refractivity contribution < 1.29 is 38.6 Å². The van der Waals surface area contributed by atoms with Gasteiger partial charge in [-0.05, 0) is 13.8 Å². The van der Waals surface area contributed by atoms with Crippen LogP contribution in [0.15, 0.2) is 0 Å². The van der Waals surface area contributed by atoms with Crippen LogP contribution in [0.2, 0.25) is 0 Å². The van der Waals surface area contributed by atoms with Gasteiger partial charge in [0.2, 0.25) is 0 Å². The van der Waals surface area contributed by atoms with Gasteiger partial charge in [0.15, 0.2) is 6.29 Å². The lowest BCUT2D eigenvalue weighted by Gasteiger charge is -2.26. The minimum absolute atomic E-state index is 0.258. The summed E-state index contributed by atoms with van der Waals surface area (Å²) in [6.45, 7) is 3.15. The van der Waals surface area contributed by atoms with Crippen LogP contribution < -0.4 is 0 Å². The second kappa shape index (κ2) is 8.12. The lowest BCUT2D eigenvalue weighted by atomic mass is 10.2. The van der Waals surface area contributed by atoms with Gasteiger partial charge < -0.3 is 29.5 Å². The minimum atomic E-state index is -4.67. The van der Waals surface area contributed by atoms with Gasteiger partial charge >= 0.3 is 7.82 Å². The van der Waals surface area contributed by atoms with Gasteiger partial charge in [-0.2, -0.15) is 0 Å². The highest BCUT2D eigenvalue weighted by Crippen LogP contribution is 2.35. The molecule has 0 bridgehead atoms. The molecule has 0 amide bonds. The monoisotopic (exact) mass is 274 g/mol. The molecule has 0 aromatic carbocycles. The average Bonchev–Trinajstić information content (AvgIpc) is 2.23. The average molecular weight is 274 g/mol. The van der Waals surface area contributed by atoms with E-state index in [2.05, 4.69) is 4.52 Å². The summed E-state index contributed by atoms with van der Waals surface area (Å²) in [5.74, 6) is 0. The molecule has 0 saturated carbocycles. The van der Waals surface area contributed by atoms with Crippen LogP contribution in [0.4, 0.5) is 0 Å². The van der Waals surface area contributed by atoms with Crippen LogP contribution in [0, 0.1) is 0 Å². The number of hydrogen-bond donors (Lipinski definition) is 4. The molecule has 0 saturated heterocycles. The number of aliphatic hydroxyl groups is 2. The molecule has 2 unspecified atom stereocenters. The summed E-state index contributed by atoms with van der Waals surface area (Å²) in [4.78, 5) is 16.9. The fourth-order valence-electron chi connectivity index (χ4n) is 1.03. The van der Waals surface area contributed by atoms with E-state index in [1.54, 1.807) is 13.8 Å². The van der Waals surface area contributed by atoms with Crippen molar-refractivity contribution in [3.8, 4) is 0 Å². The molecule has 9 heteroatoms. The van der Waals surface area contributed by atoms with Gasteiger partial charge in [0, 0.05) is 13.2 Å². The first-order chi connectivity index (χ1) is 7.81. The molecule has 0 aliphatic rings. The SMILES string of the molecule is CCOC(OCC)C(O)C(O)COP(=O)(O)O. The molecule has 0 spiro atoms. The van der Waals surface area contributed by atoms with E-state index in [1.165, 1.54) is 0 Å². The topological polar surface area (TPSA) is 126 Å². The predicted molar refractivity (Wildman–Crippen MR) is 57.0 cm³/mol. The number of phosphoric acid groups is 1. The Labute approximate surface area is 99.4 Å². The Morgan fingerprint density at radius 2 is 1.59 bits per heavy atom. The number of phosphoric ester groups is 1. The predicted octanol–water partition coefficient (Wildman–Crippen LogP) is -0.783. The first-order valence-electron chi connectivity index (χ1n) is 5.11. The molecule has 0 radical (unpaired) electrons. The normalized spacial score (nSPS) is 16.2. The zero-order valence-corrected chi connectivity index (χ0v) is 10.6. The smallest absolute Gasteiger partial charge is 0.388 e. The maximum absolute atomic E-state index is 10.4. The first kappa shape index (κ1) is 16.9. The molecule has 0 aromatic heterocycles. The zero-order chi connectivity index (χ0) is 13.5. The second-order valence-electron chi connectivity index (χ2n) is 3.12. The first-order valence-corrected chi connectivity index (χ1v) is 6.64. The highest BCUT2D eigenvalue weighted by molar-refractivity contribution is 7.46. The van der Waals surface area contributed by atoms with E-state index < -0.39 is 32.9 Å². The van der Waals surface area contributed by atoms with Crippen LogP contribution in [0.25, 0.3) is 0 Å².